The molecule has 0 fully saturated rings. The van der Waals surface area contributed by atoms with Crippen LogP contribution >= 0.6 is 11.3 Å². The van der Waals surface area contributed by atoms with E-state index in [4.69, 9.17) is 9.47 Å². The minimum absolute atomic E-state index is 0.0487. The van der Waals surface area contributed by atoms with Crippen molar-refractivity contribution in [1.82, 2.24) is 20.6 Å². The highest BCUT2D eigenvalue weighted by Crippen LogP contribution is 2.36. The number of aromatic nitrogens is 2. The van der Waals surface area contributed by atoms with E-state index < -0.39 is 35.5 Å². The average molecular weight is 534 g/mol. The first kappa shape index (κ1) is 27.6. The molecule has 0 aliphatic heterocycles. The van der Waals surface area contributed by atoms with Crippen molar-refractivity contribution in [2.45, 2.75) is 46.3 Å². The minimum Gasteiger partial charge on any atom is -0.479 e. The molecule has 2 amide bonds. The van der Waals surface area contributed by atoms with Crippen molar-refractivity contribution in [1.29, 1.82) is 0 Å². The quantitative estimate of drug-likeness (QED) is 0.299. The fraction of sp³-hybridized carbons (Fsp3) is 0.375. The van der Waals surface area contributed by atoms with Crippen LogP contribution in [-0.2, 0) is 9.53 Å². The third-order valence-corrected chi connectivity index (χ3v) is 6.07. The van der Waals surface area contributed by atoms with E-state index in [0.717, 1.165) is 17.4 Å². The van der Waals surface area contributed by atoms with Gasteiger partial charge in [-0.15, -0.1) is 11.3 Å². The molecule has 37 heavy (non-hydrogen) atoms. The maximum atomic E-state index is 14.0. The molecule has 3 rings (SSSR count). The van der Waals surface area contributed by atoms with Crippen LogP contribution in [-0.4, -0.2) is 57.8 Å². The number of halogens is 1. The van der Waals surface area contributed by atoms with Gasteiger partial charge in [0.1, 0.15) is 39.0 Å². The van der Waals surface area contributed by atoms with Crippen molar-refractivity contribution in [3.8, 4) is 5.75 Å². The van der Waals surface area contributed by atoms with Gasteiger partial charge in [-0.05, 0) is 52.3 Å². The number of amides is 2. The number of carboxylic acids is 1. The zero-order valence-corrected chi connectivity index (χ0v) is 21.8. The molecular formula is C24H28FN5O6S. The Morgan fingerprint density at radius 3 is 2.54 bits per heavy atom. The van der Waals surface area contributed by atoms with Crippen LogP contribution in [0.15, 0.2) is 24.5 Å². The van der Waals surface area contributed by atoms with Gasteiger partial charge in [-0.25, -0.2) is 23.9 Å². The molecule has 0 bridgehead atoms. The van der Waals surface area contributed by atoms with Crippen molar-refractivity contribution < 1.29 is 33.4 Å². The molecule has 0 spiro atoms. The Labute approximate surface area is 216 Å². The summed E-state index contributed by atoms with van der Waals surface area (Å²) in [4.78, 5) is 44.7. The van der Waals surface area contributed by atoms with Crippen LogP contribution < -0.4 is 20.7 Å². The number of carbonyl (C=O) groups excluding carboxylic acids is 2. The third kappa shape index (κ3) is 7.26. The molecule has 2 aromatic heterocycles. The second-order valence-corrected chi connectivity index (χ2v) is 10.0. The summed E-state index contributed by atoms with van der Waals surface area (Å²) in [5.74, 6) is -1.77. The molecule has 11 nitrogen and oxygen atoms in total. The lowest BCUT2D eigenvalue weighted by Gasteiger charge is -2.20. The monoisotopic (exact) mass is 533 g/mol. The van der Waals surface area contributed by atoms with E-state index in [1.54, 1.807) is 27.7 Å². The topological polar surface area (TPSA) is 152 Å². The van der Waals surface area contributed by atoms with E-state index in [9.17, 15) is 23.9 Å². The molecule has 198 valence electrons. The standard InChI is InChI=1S/C24H28FN5O6S/c1-12-17-19(28-11-29-21(17)37-18(12)22(32)33)30-15-7-6-14(25)10-16(15)35-13(2)20(31)26-8-9-27-23(34)36-24(3,4)5/h6-7,10-11,13H,8-9H2,1-5H3,(H,26,31)(H,27,34)(H,32,33)(H,28,29,30). The molecule has 1 aromatic carbocycles. The van der Waals surface area contributed by atoms with Gasteiger partial charge < -0.3 is 30.5 Å². The lowest BCUT2D eigenvalue weighted by Crippen LogP contribution is -2.41. The van der Waals surface area contributed by atoms with Crippen LogP contribution in [0.3, 0.4) is 0 Å². The van der Waals surface area contributed by atoms with Gasteiger partial charge in [0, 0.05) is 19.2 Å². The summed E-state index contributed by atoms with van der Waals surface area (Å²) in [5.41, 5.74) is 0.174. The highest BCUT2D eigenvalue weighted by Gasteiger charge is 2.21. The largest absolute Gasteiger partial charge is 0.479 e. The molecule has 0 aliphatic rings. The third-order valence-electron chi connectivity index (χ3n) is 4.88. The van der Waals surface area contributed by atoms with Crippen LogP contribution in [0, 0.1) is 12.7 Å². The normalized spacial score (nSPS) is 12.1. The SMILES string of the molecule is Cc1c(C(=O)O)sc2ncnc(Nc3ccc(F)cc3OC(C)C(=O)NCCNC(=O)OC(C)(C)C)c12. The summed E-state index contributed by atoms with van der Waals surface area (Å²) in [5, 5.41) is 18.2. The molecule has 3 aromatic rings. The van der Waals surface area contributed by atoms with Crippen LogP contribution in [0.2, 0.25) is 0 Å². The van der Waals surface area contributed by atoms with Gasteiger partial charge in [0.15, 0.2) is 6.10 Å². The summed E-state index contributed by atoms with van der Waals surface area (Å²) < 4.78 is 24.9. The Hall–Kier alpha value is -4.00. The fourth-order valence-corrected chi connectivity index (χ4v) is 4.23. The van der Waals surface area contributed by atoms with Gasteiger partial charge in [0.25, 0.3) is 5.91 Å². The molecule has 2 heterocycles. The molecule has 1 atom stereocenters. The Balaban J connectivity index is 1.69. The van der Waals surface area contributed by atoms with Gasteiger partial charge in [0.2, 0.25) is 0 Å². The number of nitrogens with one attached hydrogen (secondary N) is 3. The number of hydrogen-bond donors (Lipinski definition) is 4. The van der Waals surface area contributed by atoms with Crippen LogP contribution in [0.4, 0.5) is 20.7 Å². The summed E-state index contributed by atoms with van der Waals surface area (Å²) in [7, 11) is 0. The minimum atomic E-state index is -1.07. The molecule has 0 saturated heterocycles. The number of fused-ring (bicyclic) bond motifs is 1. The maximum Gasteiger partial charge on any atom is 0.407 e. The van der Waals surface area contributed by atoms with Crippen molar-refractivity contribution in [2.24, 2.45) is 0 Å². The van der Waals surface area contributed by atoms with Crippen molar-refractivity contribution in [2.75, 3.05) is 18.4 Å². The Kier molecular flexibility index (Phi) is 8.48. The number of nitrogens with zero attached hydrogens (tertiary/aromatic N) is 2. The predicted molar refractivity (Wildman–Crippen MR) is 136 cm³/mol. The summed E-state index contributed by atoms with van der Waals surface area (Å²) in [6, 6.07) is 3.76. The Morgan fingerprint density at radius 2 is 1.86 bits per heavy atom. The maximum absolute atomic E-state index is 14.0. The molecule has 0 aliphatic carbocycles. The zero-order chi connectivity index (χ0) is 27.3. The molecule has 1 unspecified atom stereocenters. The number of anilines is 2. The average Bonchev–Trinajstić information content (AvgIpc) is 3.15. The van der Waals surface area contributed by atoms with E-state index in [-0.39, 0.29) is 23.7 Å². The number of carboxylic acid groups (broad SMARTS) is 1. The molecule has 0 radical (unpaired) electrons. The van der Waals surface area contributed by atoms with E-state index in [1.807, 2.05) is 0 Å². The van der Waals surface area contributed by atoms with Gasteiger partial charge in [0.05, 0.1) is 11.1 Å². The van der Waals surface area contributed by atoms with Gasteiger partial charge in [-0.2, -0.15) is 0 Å². The van der Waals surface area contributed by atoms with Crippen LogP contribution in [0.25, 0.3) is 10.2 Å². The molecule has 0 saturated carbocycles. The number of alkyl carbamates (subject to hydrolysis) is 1. The second-order valence-electron chi connectivity index (χ2n) is 9.01. The Bertz CT molecular complexity index is 1320. The number of ether oxygens (including phenoxy) is 2. The van der Waals surface area contributed by atoms with Gasteiger partial charge in [-0.3, -0.25) is 4.79 Å². The van der Waals surface area contributed by atoms with Crippen molar-refractivity contribution in [3.63, 3.8) is 0 Å². The lowest BCUT2D eigenvalue weighted by molar-refractivity contribution is -0.127. The van der Waals surface area contributed by atoms with Gasteiger partial charge >= 0.3 is 12.1 Å². The second kappa shape index (κ2) is 11.4. The van der Waals surface area contributed by atoms with E-state index >= 15 is 0 Å². The summed E-state index contributed by atoms with van der Waals surface area (Å²) >= 11 is 1.02. The smallest absolute Gasteiger partial charge is 0.407 e. The number of aromatic carboxylic acids is 1. The first-order valence-electron chi connectivity index (χ1n) is 11.3. The summed E-state index contributed by atoms with van der Waals surface area (Å²) in [6.07, 6.45) is -0.315. The number of hydrogen-bond acceptors (Lipinski definition) is 9. The Morgan fingerprint density at radius 1 is 1.16 bits per heavy atom. The highest BCUT2D eigenvalue weighted by molar-refractivity contribution is 7.20. The van der Waals surface area contributed by atoms with Gasteiger partial charge in [-0.1, -0.05) is 0 Å². The summed E-state index contributed by atoms with van der Waals surface area (Å²) in [6.45, 7) is 8.64. The number of carbonyl (C=O) groups is 3. The molecule has 4 N–H and O–H groups in total. The molecule has 13 heteroatoms. The first-order valence-corrected chi connectivity index (χ1v) is 12.1. The van der Waals surface area contributed by atoms with Crippen LogP contribution in [0.5, 0.6) is 5.75 Å². The number of thiophene rings is 1. The fourth-order valence-electron chi connectivity index (χ4n) is 3.25. The van der Waals surface area contributed by atoms with E-state index in [0.29, 0.717) is 27.3 Å². The van der Waals surface area contributed by atoms with E-state index in [2.05, 4.69) is 25.9 Å². The zero-order valence-electron chi connectivity index (χ0n) is 21.0. The number of aryl methyl sites for hydroxylation is 1. The van der Waals surface area contributed by atoms with Crippen molar-refractivity contribution in [3.05, 3.63) is 40.8 Å². The molecular weight excluding hydrogens is 505 g/mol. The predicted octanol–water partition coefficient (Wildman–Crippen LogP) is 3.99. The lowest BCUT2D eigenvalue weighted by atomic mass is 10.2. The highest BCUT2D eigenvalue weighted by atomic mass is 32.1. The van der Waals surface area contributed by atoms with E-state index in [1.165, 1.54) is 25.4 Å². The van der Waals surface area contributed by atoms with Crippen LogP contribution in [0.1, 0.15) is 42.9 Å². The number of rotatable bonds is 9. The number of benzene rings is 1. The first-order chi connectivity index (χ1) is 17.4. The van der Waals surface area contributed by atoms with Crippen molar-refractivity contribution >= 4 is 51.0 Å².